The normalized spacial score (nSPS) is 18.6. The minimum Gasteiger partial charge on any atom is -0.301 e. The quantitative estimate of drug-likeness (QED) is 0.709. The lowest BCUT2D eigenvalue weighted by Gasteiger charge is -2.21. The van der Waals surface area contributed by atoms with Crippen LogP contribution in [0.15, 0.2) is 23.1 Å². The van der Waals surface area contributed by atoms with Crippen molar-refractivity contribution in [3.8, 4) is 0 Å². The van der Waals surface area contributed by atoms with Crippen LogP contribution in [-0.2, 0) is 10.0 Å². The second-order valence-corrected chi connectivity index (χ2v) is 8.41. The van der Waals surface area contributed by atoms with Gasteiger partial charge in [0.15, 0.2) is 0 Å². The highest BCUT2D eigenvalue weighted by molar-refractivity contribution is 9.09. The highest BCUT2D eigenvalue weighted by Gasteiger charge is 2.27. The minimum atomic E-state index is -3.51. The molecule has 1 aliphatic heterocycles. The molecule has 118 valence electrons. The first-order chi connectivity index (χ1) is 9.95. The molecule has 1 aliphatic rings. The maximum atomic E-state index is 12.7. The van der Waals surface area contributed by atoms with Gasteiger partial charge in [0.2, 0.25) is 10.0 Å². The van der Waals surface area contributed by atoms with E-state index in [1.54, 1.807) is 0 Å². The van der Waals surface area contributed by atoms with Gasteiger partial charge in [-0.05, 0) is 31.2 Å². The maximum absolute atomic E-state index is 12.7. The molecule has 0 N–H and O–H groups in total. The number of sulfonamides is 1. The monoisotopic (exact) mass is 414 g/mol. The zero-order valence-electron chi connectivity index (χ0n) is 11.4. The number of benzene rings is 1. The van der Waals surface area contributed by atoms with Gasteiger partial charge in [0.05, 0.1) is 14.9 Å². The number of hydrogen-bond donors (Lipinski definition) is 0. The Balaban J connectivity index is 2.17. The number of rotatable bonds is 4. The van der Waals surface area contributed by atoms with E-state index in [9.17, 15) is 8.42 Å². The molecule has 0 spiro atoms. The summed E-state index contributed by atoms with van der Waals surface area (Å²) in [5, 5.41) is 1.51. The average molecular weight is 416 g/mol. The number of nitrogens with zero attached hydrogens (tertiary/aromatic N) is 2. The van der Waals surface area contributed by atoms with E-state index in [4.69, 9.17) is 23.2 Å². The summed E-state index contributed by atoms with van der Waals surface area (Å²) in [4.78, 5) is 2.46. The first-order valence-corrected chi connectivity index (χ1v) is 10.0. The summed E-state index contributed by atoms with van der Waals surface area (Å²) in [7, 11) is -3.51. The first-order valence-electron chi connectivity index (χ1n) is 6.68. The topological polar surface area (TPSA) is 40.6 Å². The molecule has 2 rings (SSSR count). The molecule has 0 saturated carbocycles. The molecule has 0 bridgehead atoms. The zero-order valence-corrected chi connectivity index (χ0v) is 15.3. The third-order valence-electron chi connectivity index (χ3n) is 3.48. The fourth-order valence-electron chi connectivity index (χ4n) is 2.32. The van der Waals surface area contributed by atoms with Crippen molar-refractivity contribution < 1.29 is 8.42 Å². The summed E-state index contributed by atoms with van der Waals surface area (Å²) in [6.07, 6.45) is 0.827. The number of alkyl halides is 1. The Morgan fingerprint density at radius 2 is 1.86 bits per heavy atom. The zero-order chi connectivity index (χ0) is 15.5. The standard InChI is InChI=1S/C13H17BrCl2N2O2S/c14-4-7-17-5-1-6-18(9-8-17)21(19,20)11-2-3-12(15)13(16)10-11/h2-3,10H,1,4-9H2. The summed E-state index contributed by atoms with van der Waals surface area (Å²) < 4.78 is 26.9. The predicted octanol–water partition coefficient (Wildman–Crippen LogP) is 3.08. The van der Waals surface area contributed by atoms with Gasteiger partial charge in [-0.2, -0.15) is 4.31 Å². The van der Waals surface area contributed by atoms with E-state index in [0.29, 0.717) is 18.1 Å². The Bertz CT molecular complexity index is 598. The van der Waals surface area contributed by atoms with Gasteiger partial charge in [0, 0.05) is 31.5 Å². The van der Waals surface area contributed by atoms with Crippen molar-refractivity contribution >= 4 is 49.2 Å². The molecule has 0 aliphatic carbocycles. The van der Waals surface area contributed by atoms with Crippen molar-refractivity contribution in [1.82, 2.24) is 9.21 Å². The van der Waals surface area contributed by atoms with Gasteiger partial charge in [-0.1, -0.05) is 39.1 Å². The Kier molecular flexibility index (Phi) is 6.35. The summed E-state index contributed by atoms with van der Waals surface area (Å²) >= 11 is 15.2. The molecule has 0 atom stereocenters. The van der Waals surface area contributed by atoms with E-state index < -0.39 is 10.0 Å². The van der Waals surface area contributed by atoms with E-state index in [2.05, 4.69) is 20.8 Å². The van der Waals surface area contributed by atoms with Crippen LogP contribution in [0.2, 0.25) is 10.0 Å². The average Bonchev–Trinajstić information content (AvgIpc) is 2.68. The fourth-order valence-corrected chi connectivity index (χ4v) is 4.68. The molecular formula is C13H17BrCl2N2O2S. The van der Waals surface area contributed by atoms with Gasteiger partial charge in [-0.15, -0.1) is 0 Å². The van der Waals surface area contributed by atoms with Crippen LogP contribution in [0.25, 0.3) is 0 Å². The molecule has 1 heterocycles. The van der Waals surface area contributed by atoms with Crippen molar-refractivity contribution in [2.24, 2.45) is 0 Å². The molecule has 0 amide bonds. The molecule has 4 nitrogen and oxygen atoms in total. The van der Waals surface area contributed by atoms with Crippen molar-refractivity contribution in [3.05, 3.63) is 28.2 Å². The largest absolute Gasteiger partial charge is 0.301 e. The third-order valence-corrected chi connectivity index (χ3v) is 6.47. The summed E-state index contributed by atoms with van der Waals surface area (Å²) in [5.74, 6) is 0. The van der Waals surface area contributed by atoms with Crippen LogP contribution in [-0.4, -0.2) is 55.7 Å². The first kappa shape index (κ1) is 17.5. The van der Waals surface area contributed by atoms with Crippen LogP contribution in [0.4, 0.5) is 0 Å². The lowest BCUT2D eigenvalue weighted by Crippen LogP contribution is -2.35. The maximum Gasteiger partial charge on any atom is 0.243 e. The van der Waals surface area contributed by atoms with Crippen molar-refractivity contribution in [2.75, 3.05) is 38.1 Å². The summed E-state index contributed by atoms with van der Waals surface area (Å²) in [5.41, 5.74) is 0. The Morgan fingerprint density at radius 1 is 1.10 bits per heavy atom. The van der Waals surface area contributed by atoms with Crippen molar-refractivity contribution in [2.45, 2.75) is 11.3 Å². The van der Waals surface area contributed by atoms with Crippen LogP contribution < -0.4 is 0 Å². The minimum absolute atomic E-state index is 0.200. The van der Waals surface area contributed by atoms with E-state index in [0.717, 1.165) is 31.4 Å². The van der Waals surface area contributed by atoms with E-state index in [-0.39, 0.29) is 9.92 Å². The molecule has 0 aromatic heterocycles. The highest BCUT2D eigenvalue weighted by atomic mass is 79.9. The van der Waals surface area contributed by atoms with Gasteiger partial charge in [0.1, 0.15) is 0 Å². The van der Waals surface area contributed by atoms with Gasteiger partial charge >= 0.3 is 0 Å². The van der Waals surface area contributed by atoms with Gasteiger partial charge in [-0.25, -0.2) is 8.42 Å². The Hall–Kier alpha value is 0.150. The fraction of sp³-hybridized carbons (Fsp3) is 0.538. The number of halogens is 3. The van der Waals surface area contributed by atoms with Crippen LogP contribution in [0.1, 0.15) is 6.42 Å². The van der Waals surface area contributed by atoms with Crippen LogP contribution in [0.5, 0.6) is 0 Å². The molecule has 8 heteroatoms. The van der Waals surface area contributed by atoms with Crippen LogP contribution >= 0.6 is 39.1 Å². The van der Waals surface area contributed by atoms with Gasteiger partial charge in [-0.3, -0.25) is 0 Å². The molecule has 1 saturated heterocycles. The van der Waals surface area contributed by atoms with E-state index in [1.165, 1.54) is 22.5 Å². The SMILES string of the molecule is O=S(=O)(c1ccc(Cl)c(Cl)c1)N1CCCN(CCBr)CC1. The van der Waals surface area contributed by atoms with Gasteiger partial charge in [0.25, 0.3) is 0 Å². The van der Waals surface area contributed by atoms with Crippen molar-refractivity contribution in [1.29, 1.82) is 0 Å². The smallest absolute Gasteiger partial charge is 0.243 e. The molecular weight excluding hydrogens is 399 g/mol. The van der Waals surface area contributed by atoms with Crippen LogP contribution in [0, 0.1) is 0 Å². The van der Waals surface area contributed by atoms with Crippen molar-refractivity contribution in [3.63, 3.8) is 0 Å². The van der Waals surface area contributed by atoms with E-state index >= 15 is 0 Å². The summed E-state index contributed by atoms with van der Waals surface area (Å²) in [6.45, 7) is 3.61. The molecule has 1 aromatic carbocycles. The van der Waals surface area contributed by atoms with E-state index in [1.807, 2.05) is 0 Å². The third kappa shape index (κ3) is 4.33. The molecule has 0 unspecified atom stereocenters. The lowest BCUT2D eigenvalue weighted by molar-refractivity contribution is 0.305. The Morgan fingerprint density at radius 3 is 2.52 bits per heavy atom. The summed E-state index contributed by atoms with van der Waals surface area (Å²) in [6, 6.07) is 4.44. The molecule has 0 radical (unpaired) electrons. The molecule has 1 fully saturated rings. The molecule has 21 heavy (non-hydrogen) atoms. The second kappa shape index (κ2) is 7.62. The molecule has 1 aromatic rings. The number of hydrogen-bond acceptors (Lipinski definition) is 3. The van der Waals surface area contributed by atoms with Gasteiger partial charge < -0.3 is 4.90 Å². The second-order valence-electron chi connectivity index (χ2n) is 4.86. The predicted molar refractivity (Wildman–Crippen MR) is 90.1 cm³/mol. The Labute approximate surface area is 144 Å². The highest BCUT2D eigenvalue weighted by Crippen LogP contribution is 2.27. The lowest BCUT2D eigenvalue weighted by atomic mass is 10.4. The van der Waals surface area contributed by atoms with Crippen LogP contribution in [0.3, 0.4) is 0 Å².